The second-order valence-corrected chi connectivity index (χ2v) is 7.03. The summed E-state index contributed by atoms with van der Waals surface area (Å²) in [6.45, 7) is 7.35. The molecule has 2 rings (SSSR count). The largest absolute Gasteiger partial charge is 0.469 e. The van der Waals surface area contributed by atoms with Gasteiger partial charge in [0.1, 0.15) is 0 Å². The van der Waals surface area contributed by atoms with E-state index in [0.717, 1.165) is 31.4 Å². The molecule has 1 fully saturated rings. The Labute approximate surface area is 150 Å². The summed E-state index contributed by atoms with van der Waals surface area (Å²) in [5, 5.41) is 3.08. The summed E-state index contributed by atoms with van der Waals surface area (Å²) in [5.74, 6) is -0.205. The first-order chi connectivity index (χ1) is 11.9. The zero-order valence-corrected chi connectivity index (χ0v) is 15.8. The normalized spacial score (nSPS) is 19.3. The van der Waals surface area contributed by atoms with Crippen molar-refractivity contribution in [3.05, 3.63) is 34.9 Å². The van der Waals surface area contributed by atoms with Crippen LogP contribution in [0.25, 0.3) is 0 Å². The first-order valence-electron chi connectivity index (χ1n) is 9.08. The van der Waals surface area contributed by atoms with Gasteiger partial charge in [-0.15, -0.1) is 0 Å². The highest BCUT2D eigenvalue weighted by Gasteiger charge is 2.27. The zero-order chi connectivity index (χ0) is 18.4. The van der Waals surface area contributed by atoms with Crippen LogP contribution >= 0.6 is 0 Å². The highest BCUT2D eigenvalue weighted by molar-refractivity contribution is 5.78. The number of ether oxygens (including phenoxy) is 1. The second-order valence-electron chi connectivity index (χ2n) is 7.03. The lowest BCUT2D eigenvalue weighted by Gasteiger charge is -2.34. The van der Waals surface area contributed by atoms with Crippen molar-refractivity contribution in [1.29, 1.82) is 0 Å². The predicted molar refractivity (Wildman–Crippen MR) is 98.3 cm³/mol. The van der Waals surface area contributed by atoms with Crippen molar-refractivity contribution in [2.24, 2.45) is 0 Å². The Bertz CT molecular complexity index is 615. The number of rotatable bonds is 6. The first-order valence-corrected chi connectivity index (χ1v) is 9.08. The number of hydrogen-bond donors (Lipinski definition) is 1. The van der Waals surface area contributed by atoms with Crippen LogP contribution in [0.15, 0.2) is 18.2 Å². The van der Waals surface area contributed by atoms with Crippen molar-refractivity contribution in [3.63, 3.8) is 0 Å². The molecule has 0 unspecified atom stereocenters. The number of likely N-dealkylation sites (tertiary alicyclic amines) is 1. The molecule has 1 saturated heterocycles. The number of esters is 1. The SMILES string of the molecule is COC(=O)C[C@H]1CCCCN1CC(=O)N[C@H](C)c1ccc(C)c(C)c1. The van der Waals surface area contributed by atoms with Gasteiger partial charge >= 0.3 is 5.97 Å². The van der Waals surface area contributed by atoms with Gasteiger partial charge in [-0.05, 0) is 56.8 Å². The number of nitrogens with one attached hydrogen (secondary N) is 1. The van der Waals surface area contributed by atoms with E-state index in [0.29, 0.717) is 13.0 Å². The van der Waals surface area contributed by atoms with Gasteiger partial charge in [0, 0.05) is 6.04 Å². The Morgan fingerprint density at radius 3 is 2.72 bits per heavy atom. The third kappa shape index (κ3) is 5.56. The number of piperidine rings is 1. The molecule has 1 aromatic carbocycles. The third-order valence-corrected chi connectivity index (χ3v) is 5.13. The standard InChI is InChI=1S/C20H30N2O3/c1-14-8-9-17(11-15(14)2)16(3)21-19(23)13-22-10-6-5-7-18(22)12-20(24)25-4/h8-9,11,16,18H,5-7,10,12-13H2,1-4H3,(H,21,23)/t16-,18-/m1/s1. The second kappa shape index (κ2) is 8.99. The molecule has 5 nitrogen and oxygen atoms in total. The molecule has 1 aromatic rings. The minimum atomic E-state index is -0.208. The van der Waals surface area contributed by atoms with Crippen LogP contribution in [0.3, 0.4) is 0 Å². The van der Waals surface area contributed by atoms with Gasteiger partial charge in [0.25, 0.3) is 0 Å². The van der Waals surface area contributed by atoms with E-state index in [1.54, 1.807) is 0 Å². The van der Waals surface area contributed by atoms with Crippen molar-refractivity contribution < 1.29 is 14.3 Å². The molecule has 1 N–H and O–H groups in total. The van der Waals surface area contributed by atoms with Crippen molar-refractivity contribution in [3.8, 4) is 0 Å². The van der Waals surface area contributed by atoms with Crippen molar-refractivity contribution in [2.45, 2.75) is 58.5 Å². The maximum absolute atomic E-state index is 12.5. The van der Waals surface area contributed by atoms with E-state index in [4.69, 9.17) is 4.74 Å². The summed E-state index contributed by atoms with van der Waals surface area (Å²) in [6.07, 6.45) is 3.46. The average molecular weight is 346 g/mol. The molecule has 2 atom stereocenters. The fraction of sp³-hybridized carbons (Fsp3) is 0.600. The molecule has 1 amide bonds. The van der Waals surface area contributed by atoms with E-state index in [9.17, 15) is 9.59 Å². The van der Waals surface area contributed by atoms with Gasteiger partial charge in [0.2, 0.25) is 5.91 Å². The Balaban J connectivity index is 1.92. The smallest absolute Gasteiger partial charge is 0.307 e. The van der Waals surface area contributed by atoms with Crippen LogP contribution in [0.2, 0.25) is 0 Å². The van der Waals surface area contributed by atoms with Crippen molar-refractivity contribution in [1.82, 2.24) is 10.2 Å². The molecule has 0 radical (unpaired) electrons. The monoisotopic (exact) mass is 346 g/mol. The molecule has 138 valence electrons. The molecule has 5 heteroatoms. The minimum Gasteiger partial charge on any atom is -0.469 e. The maximum atomic E-state index is 12.5. The van der Waals surface area contributed by atoms with Crippen LogP contribution in [0.4, 0.5) is 0 Å². The van der Waals surface area contributed by atoms with E-state index in [1.807, 2.05) is 6.92 Å². The Morgan fingerprint density at radius 2 is 2.04 bits per heavy atom. The fourth-order valence-corrected chi connectivity index (χ4v) is 3.36. The number of benzene rings is 1. The van der Waals surface area contributed by atoms with E-state index in [-0.39, 0.29) is 24.0 Å². The topological polar surface area (TPSA) is 58.6 Å². The molecule has 1 heterocycles. The van der Waals surface area contributed by atoms with Crippen LogP contribution in [-0.2, 0) is 14.3 Å². The van der Waals surface area contributed by atoms with Gasteiger partial charge in [-0.3, -0.25) is 14.5 Å². The summed E-state index contributed by atoms with van der Waals surface area (Å²) >= 11 is 0. The fourth-order valence-electron chi connectivity index (χ4n) is 3.36. The summed E-state index contributed by atoms with van der Waals surface area (Å²) in [5.41, 5.74) is 3.59. The number of nitrogens with zero attached hydrogens (tertiary/aromatic N) is 1. The minimum absolute atomic E-state index is 0.00231. The highest BCUT2D eigenvalue weighted by atomic mass is 16.5. The molecule has 0 spiro atoms. The van der Waals surface area contributed by atoms with Gasteiger partial charge in [-0.2, -0.15) is 0 Å². The maximum Gasteiger partial charge on any atom is 0.307 e. The van der Waals surface area contributed by atoms with E-state index >= 15 is 0 Å². The van der Waals surface area contributed by atoms with Gasteiger partial charge in [-0.1, -0.05) is 24.6 Å². The molecule has 1 aliphatic heterocycles. The highest BCUT2D eigenvalue weighted by Crippen LogP contribution is 2.20. The van der Waals surface area contributed by atoms with E-state index < -0.39 is 0 Å². The van der Waals surface area contributed by atoms with Gasteiger partial charge < -0.3 is 10.1 Å². The number of carbonyl (C=O) groups is 2. The van der Waals surface area contributed by atoms with Crippen LogP contribution < -0.4 is 5.32 Å². The van der Waals surface area contributed by atoms with Gasteiger partial charge in [-0.25, -0.2) is 0 Å². The molecular formula is C20H30N2O3. The number of methoxy groups -OCH3 is 1. The Kier molecular flexibility index (Phi) is 7.00. The van der Waals surface area contributed by atoms with Crippen LogP contribution in [-0.4, -0.2) is 43.0 Å². The Hall–Kier alpha value is -1.88. The van der Waals surface area contributed by atoms with Crippen LogP contribution in [0.5, 0.6) is 0 Å². The molecular weight excluding hydrogens is 316 g/mol. The number of amides is 1. The number of carbonyl (C=O) groups excluding carboxylic acids is 2. The summed E-state index contributed by atoms with van der Waals surface area (Å²) < 4.78 is 4.78. The van der Waals surface area contributed by atoms with Crippen LogP contribution in [0, 0.1) is 13.8 Å². The zero-order valence-electron chi connectivity index (χ0n) is 15.8. The Morgan fingerprint density at radius 1 is 1.28 bits per heavy atom. The molecule has 1 aliphatic rings. The summed E-state index contributed by atoms with van der Waals surface area (Å²) in [4.78, 5) is 26.2. The quantitative estimate of drug-likeness (QED) is 0.805. The number of aryl methyl sites for hydroxylation is 2. The molecule has 0 saturated carbocycles. The lowest BCUT2D eigenvalue weighted by molar-refractivity contribution is -0.143. The molecule has 0 aromatic heterocycles. The van der Waals surface area contributed by atoms with Gasteiger partial charge in [0.05, 0.1) is 26.1 Å². The summed E-state index contributed by atoms with van der Waals surface area (Å²) in [7, 11) is 1.41. The van der Waals surface area contributed by atoms with E-state index in [2.05, 4.69) is 42.3 Å². The van der Waals surface area contributed by atoms with Gasteiger partial charge in [0.15, 0.2) is 0 Å². The first kappa shape index (κ1) is 19.4. The average Bonchev–Trinajstić information content (AvgIpc) is 2.58. The lowest BCUT2D eigenvalue weighted by atomic mass is 9.99. The van der Waals surface area contributed by atoms with Crippen molar-refractivity contribution in [2.75, 3.05) is 20.2 Å². The van der Waals surface area contributed by atoms with Crippen LogP contribution in [0.1, 0.15) is 55.3 Å². The van der Waals surface area contributed by atoms with E-state index in [1.165, 1.54) is 18.2 Å². The molecule has 25 heavy (non-hydrogen) atoms. The lowest BCUT2D eigenvalue weighted by Crippen LogP contribution is -2.46. The van der Waals surface area contributed by atoms with Crippen molar-refractivity contribution >= 4 is 11.9 Å². The molecule has 0 bridgehead atoms. The predicted octanol–water partition coefficient (Wildman–Crippen LogP) is 2.90. The summed E-state index contributed by atoms with van der Waals surface area (Å²) in [6, 6.07) is 6.35. The molecule has 0 aliphatic carbocycles. The third-order valence-electron chi connectivity index (χ3n) is 5.13. The number of hydrogen-bond acceptors (Lipinski definition) is 4.